The highest BCUT2D eigenvalue weighted by Gasteiger charge is 2.36. The van der Waals surface area contributed by atoms with E-state index in [0.717, 1.165) is 5.56 Å². The molecule has 0 saturated carbocycles. The molecule has 1 saturated heterocycles. The van der Waals surface area contributed by atoms with Gasteiger partial charge in [-0.1, -0.05) is 53.7 Å². The minimum Gasteiger partial charge on any atom is -0.350 e. The van der Waals surface area contributed by atoms with Crippen LogP contribution in [0.2, 0.25) is 5.02 Å². The molecule has 0 bridgehead atoms. The highest BCUT2D eigenvalue weighted by molar-refractivity contribution is 7.99. The molecular weight excluding hydrogens is 392 g/mol. The Morgan fingerprint density at radius 2 is 2.15 bits per heavy atom. The predicted molar refractivity (Wildman–Crippen MR) is 104 cm³/mol. The maximum Gasteiger partial charge on any atom is 0.275 e. The van der Waals surface area contributed by atoms with Gasteiger partial charge in [0, 0.05) is 12.3 Å². The molecule has 0 radical (unpaired) electrons. The van der Waals surface area contributed by atoms with Gasteiger partial charge in [-0.15, -0.1) is 11.8 Å². The highest BCUT2D eigenvalue weighted by Crippen LogP contribution is 2.26. The van der Waals surface area contributed by atoms with E-state index in [1.807, 2.05) is 36.6 Å². The van der Waals surface area contributed by atoms with E-state index in [1.54, 1.807) is 0 Å². The number of hydrogen-bond donors (Lipinski definition) is 1. The summed E-state index contributed by atoms with van der Waals surface area (Å²) in [5, 5.41) is 3.55. The van der Waals surface area contributed by atoms with Gasteiger partial charge in [-0.25, -0.2) is 9.97 Å². The number of carbonyl (C=O) groups is 2. The fourth-order valence-electron chi connectivity index (χ4n) is 2.50. The topological polar surface area (TPSA) is 75.2 Å². The van der Waals surface area contributed by atoms with E-state index in [0.29, 0.717) is 23.3 Å². The number of thioether (sulfide) groups is 2. The van der Waals surface area contributed by atoms with Gasteiger partial charge in [0.1, 0.15) is 6.04 Å². The van der Waals surface area contributed by atoms with E-state index in [4.69, 9.17) is 11.6 Å². The summed E-state index contributed by atoms with van der Waals surface area (Å²) < 4.78 is 0. The average Bonchev–Trinajstić information content (AvgIpc) is 3.17. The van der Waals surface area contributed by atoms with Gasteiger partial charge in [0.15, 0.2) is 10.9 Å². The molecule has 1 aliphatic heterocycles. The molecule has 1 aliphatic rings. The Balaban J connectivity index is 1.71. The van der Waals surface area contributed by atoms with Crippen molar-refractivity contribution in [1.82, 2.24) is 20.2 Å². The zero-order chi connectivity index (χ0) is 18.5. The van der Waals surface area contributed by atoms with Crippen LogP contribution in [0.5, 0.6) is 0 Å². The fourth-order valence-corrected chi connectivity index (χ4v) is 4.16. The predicted octanol–water partition coefficient (Wildman–Crippen LogP) is 2.68. The quantitative estimate of drug-likeness (QED) is 0.605. The van der Waals surface area contributed by atoms with E-state index in [9.17, 15) is 9.59 Å². The lowest BCUT2D eigenvalue weighted by Gasteiger charge is -2.23. The molecule has 1 unspecified atom stereocenters. The fraction of sp³-hybridized carbons (Fsp3) is 0.294. The van der Waals surface area contributed by atoms with Crippen LogP contribution in [0.25, 0.3) is 0 Å². The van der Waals surface area contributed by atoms with Crippen LogP contribution in [0.4, 0.5) is 0 Å². The second-order valence-electron chi connectivity index (χ2n) is 5.55. The minimum absolute atomic E-state index is 0.134. The third kappa shape index (κ3) is 4.31. The van der Waals surface area contributed by atoms with Gasteiger partial charge in [-0.2, -0.15) is 0 Å². The summed E-state index contributed by atoms with van der Waals surface area (Å²) >= 11 is 8.97. The van der Waals surface area contributed by atoms with Crippen LogP contribution in [-0.4, -0.2) is 50.6 Å². The lowest BCUT2D eigenvalue weighted by molar-refractivity contribution is -0.124. The maximum absolute atomic E-state index is 12.9. The smallest absolute Gasteiger partial charge is 0.275 e. The number of aromatic nitrogens is 2. The van der Waals surface area contributed by atoms with Gasteiger partial charge in [0.2, 0.25) is 5.91 Å². The van der Waals surface area contributed by atoms with Crippen LogP contribution in [0.3, 0.4) is 0 Å². The molecule has 2 aromatic rings. The summed E-state index contributed by atoms with van der Waals surface area (Å²) in [6, 6.07) is 9.11. The Kier molecular flexibility index (Phi) is 6.39. The van der Waals surface area contributed by atoms with Gasteiger partial charge in [0.05, 0.1) is 17.1 Å². The van der Waals surface area contributed by atoms with Crippen molar-refractivity contribution in [3.63, 3.8) is 0 Å². The van der Waals surface area contributed by atoms with Crippen molar-refractivity contribution in [2.24, 2.45) is 0 Å². The zero-order valence-corrected chi connectivity index (χ0v) is 16.4. The first-order chi connectivity index (χ1) is 12.6. The molecule has 3 rings (SSSR count). The van der Waals surface area contributed by atoms with Crippen molar-refractivity contribution >= 4 is 46.9 Å². The third-order valence-electron chi connectivity index (χ3n) is 3.86. The van der Waals surface area contributed by atoms with Crippen molar-refractivity contribution in [3.8, 4) is 0 Å². The molecule has 1 aromatic carbocycles. The van der Waals surface area contributed by atoms with Gasteiger partial charge < -0.3 is 10.2 Å². The molecule has 26 heavy (non-hydrogen) atoms. The number of amides is 2. The van der Waals surface area contributed by atoms with Crippen molar-refractivity contribution in [3.05, 3.63) is 52.8 Å². The lowest BCUT2D eigenvalue weighted by atomic mass is 10.2. The summed E-state index contributed by atoms with van der Waals surface area (Å²) in [5.41, 5.74) is 1.14. The van der Waals surface area contributed by atoms with Gasteiger partial charge in [-0.05, 0) is 11.8 Å². The number of benzene rings is 1. The van der Waals surface area contributed by atoms with E-state index < -0.39 is 6.04 Å². The number of carbonyl (C=O) groups excluding carboxylic acids is 2. The standard InChI is InChI=1S/C17H17ClN4O2S2/c1-25-17-20-8-12(18)14(21-17)16(24)22-10-26-9-13(22)15(23)19-7-11-5-3-2-4-6-11/h2-6,8,13H,7,9-10H2,1H3,(H,19,23). The van der Waals surface area contributed by atoms with Gasteiger partial charge >= 0.3 is 0 Å². The number of nitrogens with zero attached hydrogens (tertiary/aromatic N) is 3. The largest absolute Gasteiger partial charge is 0.350 e. The molecule has 0 spiro atoms. The Labute approximate surface area is 165 Å². The average molecular weight is 409 g/mol. The van der Waals surface area contributed by atoms with E-state index in [-0.39, 0.29) is 22.5 Å². The maximum atomic E-state index is 12.9. The summed E-state index contributed by atoms with van der Waals surface area (Å²) in [4.78, 5) is 35.2. The number of halogens is 1. The Bertz CT molecular complexity index is 807. The Hall–Kier alpha value is -1.77. The van der Waals surface area contributed by atoms with Gasteiger partial charge in [0.25, 0.3) is 5.91 Å². The van der Waals surface area contributed by atoms with E-state index in [1.165, 1.54) is 34.6 Å². The van der Waals surface area contributed by atoms with Crippen LogP contribution in [0, 0.1) is 0 Å². The van der Waals surface area contributed by atoms with Crippen molar-refractivity contribution in [2.75, 3.05) is 17.9 Å². The molecule has 1 aromatic heterocycles. The number of rotatable bonds is 5. The molecule has 0 aliphatic carbocycles. The lowest BCUT2D eigenvalue weighted by Crippen LogP contribution is -2.47. The minimum atomic E-state index is -0.542. The number of hydrogen-bond acceptors (Lipinski definition) is 6. The van der Waals surface area contributed by atoms with Crippen LogP contribution in [0.15, 0.2) is 41.7 Å². The molecular formula is C17H17ClN4O2S2. The van der Waals surface area contributed by atoms with Crippen LogP contribution in [0.1, 0.15) is 16.1 Å². The summed E-state index contributed by atoms with van der Waals surface area (Å²) in [7, 11) is 0. The van der Waals surface area contributed by atoms with E-state index in [2.05, 4.69) is 15.3 Å². The molecule has 1 N–H and O–H groups in total. The Morgan fingerprint density at radius 3 is 2.88 bits per heavy atom. The van der Waals surface area contributed by atoms with Crippen molar-refractivity contribution in [1.29, 1.82) is 0 Å². The van der Waals surface area contributed by atoms with E-state index >= 15 is 0 Å². The summed E-state index contributed by atoms with van der Waals surface area (Å²) in [5.74, 6) is 0.446. The van der Waals surface area contributed by atoms with Gasteiger partial charge in [-0.3, -0.25) is 9.59 Å². The molecule has 1 fully saturated rings. The van der Waals surface area contributed by atoms with Crippen molar-refractivity contribution < 1.29 is 9.59 Å². The zero-order valence-electron chi connectivity index (χ0n) is 14.0. The third-order valence-corrected chi connectivity index (χ3v) is 5.71. The Morgan fingerprint density at radius 1 is 1.38 bits per heavy atom. The molecule has 6 nitrogen and oxygen atoms in total. The molecule has 2 amide bonds. The van der Waals surface area contributed by atoms with Crippen LogP contribution >= 0.6 is 35.1 Å². The highest BCUT2D eigenvalue weighted by atomic mass is 35.5. The molecule has 1 atom stereocenters. The van der Waals surface area contributed by atoms with Crippen molar-refractivity contribution in [2.45, 2.75) is 17.7 Å². The second-order valence-corrected chi connectivity index (χ2v) is 7.73. The molecule has 2 heterocycles. The SMILES string of the molecule is CSc1ncc(Cl)c(C(=O)N2CSCC2C(=O)NCc2ccccc2)n1. The monoisotopic (exact) mass is 408 g/mol. The van der Waals surface area contributed by atoms with Crippen LogP contribution < -0.4 is 5.32 Å². The molecule has 9 heteroatoms. The molecule has 136 valence electrons. The normalized spacial score (nSPS) is 16.5. The summed E-state index contributed by atoms with van der Waals surface area (Å²) in [6.45, 7) is 0.424. The second kappa shape index (κ2) is 8.75. The first-order valence-corrected chi connectivity index (χ1v) is 10.6. The van der Waals surface area contributed by atoms with Crippen LogP contribution in [-0.2, 0) is 11.3 Å². The number of nitrogens with one attached hydrogen (secondary N) is 1. The summed E-state index contributed by atoms with van der Waals surface area (Å²) in [6.07, 6.45) is 3.24. The first-order valence-electron chi connectivity index (χ1n) is 7.87. The first kappa shape index (κ1) is 19.0.